The van der Waals surface area contributed by atoms with Crippen LogP contribution in [0, 0.1) is 5.41 Å². The molecule has 0 spiro atoms. The first-order chi connectivity index (χ1) is 8.55. The molecule has 0 amide bonds. The monoisotopic (exact) mass is 309 g/mol. The second kappa shape index (κ2) is 6.21. The maximum atomic E-state index is 3.72. The molecule has 1 N–H and O–H groups in total. The Morgan fingerprint density at radius 2 is 1.89 bits per heavy atom. The standard InChI is InChI=1S/C16H24BrN/c1-16(2)10-3-4-15(9-11-16)18-12-13-5-7-14(17)8-6-13/h5-8,15,18H,3-4,9-12H2,1-2H3. The quantitative estimate of drug-likeness (QED) is 0.783. The number of rotatable bonds is 3. The summed E-state index contributed by atoms with van der Waals surface area (Å²) < 4.78 is 1.16. The number of halogens is 1. The molecule has 1 saturated carbocycles. The van der Waals surface area contributed by atoms with Gasteiger partial charge in [-0.15, -0.1) is 0 Å². The normalized spacial score (nSPS) is 23.6. The predicted octanol–water partition coefficient (Wildman–Crippen LogP) is 4.90. The van der Waals surface area contributed by atoms with E-state index < -0.39 is 0 Å². The van der Waals surface area contributed by atoms with Crippen LogP contribution in [-0.4, -0.2) is 6.04 Å². The molecule has 18 heavy (non-hydrogen) atoms. The molecule has 100 valence electrons. The minimum absolute atomic E-state index is 0.550. The summed E-state index contributed by atoms with van der Waals surface area (Å²) in [6.45, 7) is 5.81. The molecule has 2 heteroatoms. The largest absolute Gasteiger partial charge is 0.310 e. The lowest BCUT2D eigenvalue weighted by molar-refractivity contribution is 0.309. The van der Waals surface area contributed by atoms with Crippen molar-refractivity contribution in [3.63, 3.8) is 0 Å². The van der Waals surface area contributed by atoms with Gasteiger partial charge in [-0.1, -0.05) is 48.3 Å². The van der Waals surface area contributed by atoms with E-state index in [1.807, 2.05) is 0 Å². The van der Waals surface area contributed by atoms with Crippen LogP contribution in [0.2, 0.25) is 0 Å². The number of benzene rings is 1. The maximum Gasteiger partial charge on any atom is 0.0208 e. The number of hydrogen-bond acceptors (Lipinski definition) is 1. The zero-order valence-corrected chi connectivity index (χ0v) is 13.1. The second-order valence-electron chi connectivity index (χ2n) is 6.30. The zero-order valence-electron chi connectivity index (χ0n) is 11.5. The fraction of sp³-hybridized carbons (Fsp3) is 0.625. The van der Waals surface area contributed by atoms with E-state index in [9.17, 15) is 0 Å². The van der Waals surface area contributed by atoms with Crippen molar-refractivity contribution in [1.29, 1.82) is 0 Å². The summed E-state index contributed by atoms with van der Waals surface area (Å²) in [5.41, 5.74) is 1.93. The van der Waals surface area contributed by atoms with Crippen molar-refractivity contribution in [3.8, 4) is 0 Å². The van der Waals surface area contributed by atoms with E-state index in [-0.39, 0.29) is 0 Å². The summed E-state index contributed by atoms with van der Waals surface area (Å²) in [5, 5.41) is 3.72. The molecule has 1 unspecified atom stereocenters. The molecule has 0 bridgehead atoms. The fourth-order valence-electron chi connectivity index (χ4n) is 2.73. The summed E-state index contributed by atoms with van der Waals surface area (Å²) in [5.74, 6) is 0. The maximum absolute atomic E-state index is 3.72. The van der Waals surface area contributed by atoms with E-state index in [1.54, 1.807) is 0 Å². The Morgan fingerprint density at radius 3 is 2.61 bits per heavy atom. The molecule has 1 nitrogen and oxygen atoms in total. The Labute approximate surface area is 119 Å². The Hall–Kier alpha value is -0.340. The predicted molar refractivity (Wildman–Crippen MR) is 81.6 cm³/mol. The van der Waals surface area contributed by atoms with Gasteiger partial charge < -0.3 is 5.32 Å². The highest BCUT2D eigenvalue weighted by Crippen LogP contribution is 2.33. The first kappa shape index (κ1) is 14.1. The van der Waals surface area contributed by atoms with Crippen LogP contribution in [-0.2, 0) is 6.54 Å². The lowest BCUT2D eigenvalue weighted by Gasteiger charge is -2.22. The lowest BCUT2D eigenvalue weighted by atomic mass is 9.85. The summed E-state index contributed by atoms with van der Waals surface area (Å²) in [6, 6.07) is 9.33. The van der Waals surface area contributed by atoms with Gasteiger partial charge in [0.05, 0.1) is 0 Å². The molecule has 0 radical (unpaired) electrons. The first-order valence-electron chi connectivity index (χ1n) is 7.03. The Bertz CT molecular complexity index is 369. The average Bonchev–Trinajstić information content (AvgIpc) is 2.50. The first-order valence-corrected chi connectivity index (χ1v) is 7.82. The van der Waals surface area contributed by atoms with Crippen LogP contribution in [0.15, 0.2) is 28.7 Å². The van der Waals surface area contributed by atoms with Gasteiger partial charge >= 0.3 is 0 Å². The van der Waals surface area contributed by atoms with Crippen LogP contribution < -0.4 is 5.32 Å². The van der Waals surface area contributed by atoms with Gasteiger partial charge in [-0.2, -0.15) is 0 Å². The third kappa shape index (κ3) is 4.40. The van der Waals surface area contributed by atoms with Crippen LogP contribution in [0.4, 0.5) is 0 Å². The van der Waals surface area contributed by atoms with E-state index >= 15 is 0 Å². The van der Waals surface area contributed by atoms with Crippen molar-refractivity contribution in [2.75, 3.05) is 0 Å². The summed E-state index contributed by atoms with van der Waals surface area (Å²) >= 11 is 3.48. The van der Waals surface area contributed by atoms with Crippen LogP contribution in [0.3, 0.4) is 0 Å². The van der Waals surface area contributed by atoms with E-state index in [1.165, 1.54) is 37.7 Å². The third-order valence-corrected chi connectivity index (χ3v) is 4.61. The molecule has 0 heterocycles. The highest BCUT2D eigenvalue weighted by molar-refractivity contribution is 9.10. The second-order valence-corrected chi connectivity index (χ2v) is 7.22. The smallest absolute Gasteiger partial charge is 0.0208 e. The number of nitrogens with one attached hydrogen (secondary N) is 1. The molecule has 0 aromatic heterocycles. The van der Waals surface area contributed by atoms with Crippen LogP contribution in [0.5, 0.6) is 0 Å². The van der Waals surface area contributed by atoms with Crippen LogP contribution in [0.25, 0.3) is 0 Å². The van der Waals surface area contributed by atoms with E-state index in [2.05, 4.69) is 59.4 Å². The van der Waals surface area contributed by atoms with E-state index in [0.717, 1.165) is 11.0 Å². The molecule has 1 aromatic rings. The van der Waals surface area contributed by atoms with Crippen molar-refractivity contribution in [2.45, 2.75) is 58.5 Å². The summed E-state index contributed by atoms with van der Waals surface area (Å²) in [4.78, 5) is 0. The van der Waals surface area contributed by atoms with Gasteiger partial charge in [0.15, 0.2) is 0 Å². The van der Waals surface area contributed by atoms with Crippen molar-refractivity contribution in [2.24, 2.45) is 5.41 Å². The molecule has 1 atom stereocenters. The molecule has 1 aliphatic rings. The Kier molecular flexibility index (Phi) is 4.85. The van der Waals surface area contributed by atoms with Crippen molar-refractivity contribution in [3.05, 3.63) is 34.3 Å². The molecular formula is C16H24BrN. The highest BCUT2D eigenvalue weighted by atomic mass is 79.9. The van der Waals surface area contributed by atoms with Gasteiger partial charge in [-0.05, 0) is 48.8 Å². The SMILES string of the molecule is CC1(C)CCCC(NCc2ccc(Br)cc2)CC1. The van der Waals surface area contributed by atoms with E-state index in [0.29, 0.717) is 11.5 Å². The topological polar surface area (TPSA) is 12.0 Å². The Morgan fingerprint density at radius 1 is 1.17 bits per heavy atom. The van der Waals surface area contributed by atoms with Gasteiger partial charge in [0, 0.05) is 17.1 Å². The molecular weight excluding hydrogens is 286 g/mol. The summed E-state index contributed by atoms with van der Waals surface area (Å²) in [6.07, 6.45) is 6.75. The average molecular weight is 310 g/mol. The van der Waals surface area contributed by atoms with Crippen LogP contribution in [0.1, 0.15) is 51.5 Å². The molecule has 2 rings (SSSR count). The Balaban J connectivity index is 1.81. The van der Waals surface area contributed by atoms with Gasteiger partial charge in [-0.25, -0.2) is 0 Å². The van der Waals surface area contributed by atoms with Crippen LogP contribution >= 0.6 is 15.9 Å². The highest BCUT2D eigenvalue weighted by Gasteiger charge is 2.23. The van der Waals surface area contributed by atoms with E-state index in [4.69, 9.17) is 0 Å². The van der Waals surface area contributed by atoms with Gasteiger partial charge in [-0.3, -0.25) is 0 Å². The van der Waals surface area contributed by atoms with Gasteiger partial charge in [0.25, 0.3) is 0 Å². The molecule has 1 aliphatic carbocycles. The molecule has 1 aromatic carbocycles. The zero-order chi connectivity index (χ0) is 13.0. The lowest BCUT2D eigenvalue weighted by Crippen LogP contribution is -2.28. The van der Waals surface area contributed by atoms with Gasteiger partial charge in [0.1, 0.15) is 0 Å². The van der Waals surface area contributed by atoms with Crippen molar-refractivity contribution >= 4 is 15.9 Å². The molecule has 0 saturated heterocycles. The minimum Gasteiger partial charge on any atom is -0.310 e. The number of hydrogen-bond donors (Lipinski definition) is 1. The molecule has 1 fully saturated rings. The third-order valence-electron chi connectivity index (χ3n) is 4.08. The summed E-state index contributed by atoms with van der Waals surface area (Å²) in [7, 11) is 0. The van der Waals surface area contributed by atoms with Crippen molar-refractivity contribution < 1.29 is 0 Å². The molecule has 0 aliphatic heterocycles. The minimum atomic E-state index is 0.550. The van der Waals surface area contributed by atoms with Gasteiger partial charge in [0.2, 0.25) is 0 Å². The van der Waals surface area contributed by atoms with Crippen molar-refractivity contribution in [1.82, 2.24) is 5.32 Å². The fourth-order valence-corrected chi connectivity index (χ4v) is 2.99.